The molecule has 28 heavy (non-hydrogen) atoms. The largest absolute Gasteiger partial charge is 0.353 e. The van der Waals surface area contributed by atoms with E-state index in [4.69, 9.17) is 0 Å². The fourth-order valence-electron chi connectivity index (χ4n) is 2.96. The molecule has 0 amide bonds. The van der Waals surface area contributed by atoms with Gasteiger partial charge in [-0.3, -0.25) is 4.98 Å². The highest BCUT2D eigenvalue weighted by Crippen LogP contribution is 2.27. The number of pyridine rings is 1. The Balaban J connectivity index is 1.95. The third kappa shape index (κ3) is 5.04. The number of likely N-dealkylation sites (N-methyl/N-ethyl adjacent to an activating group) is 1. The fraction of sp³-hybridized carbons (Fsp3) is 0.318. The van der Waals surface area contributed by atoms with Gasteiger partial charge in [0.1, 0.15) is 5.82 Å². The van der Waals surface area contributed by atoms with E-state index in [2.05, 4.69) is 62.5 Å². The van der Waals surface area contributed by atoms with Crippen LogP contribution in [0.2, 0.25) is 0 Å². The number of benzene rings is 1. The fourth-order valence-corrected chi connectivity index (χ4v) is 2.96. The molecule has 6 nitrogen and oxygen atoms in total. The molecule has 0 radical (unpaired) electrons. The van der Waals surface area contributed by atoms with Crippen molar-refractivity contribution >= 4 is 17.5 Å². The topological polar surface area (TPSA) is 66.0 Å². The van der Waals surface area contributed by atoms with Crippen LogP contribution in [0.3, 0.4) is 0 Å². The standard InChI is InChI=1S/C22H28N6/c1-5-17-10-8-9-16(2)21(17)26-20-15-19(18-11-6-7-12-23-18)25-22(27-20)24-13-14-28(3)4/h6-12,15H,5,13-14H2,1-4H3,(H2,24,25,26,27). The van der Waals surface area contributed by atoms with Crippen molar-refractivity contribution in [1.82, 2.24) is 19.9 Å². The molecule has 0 atom stereocenters. The molecule has 0 bridgehead atoms. The average molecular weight is 377 g/mol. The Kier molecular flexibility index (Phi) is 6.55. The van der Waals surface area contributed by atoms with Crippen LogP contribution in [-0.4, -0.2) is 47.0 Å². The molecule has 1 aromatic carbocycles. The summed E-state index contributed by atoms with van der Waals surface area (Å²) in [6.07, 6.45) is 2.73. The van der Waals surface area contributed by atoms with Crippen LogP contribution in [0.4, 0.5) is 17.5 Å². The number of nitrogens with one attached hydrogen (secondary N) is 2. The molecule has 2 aromatic heterocycles. The lowest BCUT2D eigenvalue weighted by Gasteiger charge is -2.16. The summed E-state index contributed by atoms with van der Waals surface area (Å²) in [7, 11) is 4.09. The Morgan fingerprint density at radius 3 is 2.57 bits per heavy atom. The number of para-hydroxylation sites is 1. The third-order valence-electron chi connectivity index (χ3n) is 4.49. The highest BCUT2D eigenvalue weighted by Gasteiger charge is 2.11. The maximum Gasteiger partial charge on any atom is 0.225 e. The van der Waals surface area contributed by atoms with Crippen molar-refractivity contribution in [3.8, 4) is 11.4 Å². The van der Waals surface area contributed by atoms with Gasteiger partial charge in [0, 0.05) is 31.0 Å². The molecular formula is C22H28N6. The Labute approximate surface area is 167 Å². The van der Waals surface area contributed by atoms with Crippen molar-refractivity contribution in [2.45, 2.75) is 20.3 Å². The normalized spacial score (nSPS) is 10.9. The Morgan fingerprint density at radius 2 is 1.86 bits per heavy atom. The first-order chi connectivity index (χ1) is 13.6. The lowest BCUT2D eigenvalue weighted by Crippen LogP contribution is -2.21. The first kappa shape index (κ1) is 19.8. The molecule has 0 spiro atoms. The van der Waals surface area contributed by atoms with Crippen LogP contribution in [0, 0.1) is 6.92 Å². The molecular weight excluding hydrogens is 348 g/mol. The molecule has 0 fully saturated rings. The Bertz CT molecular complexity index is 908. The van der Waals surface area contributed by atoms with Crippen molar-refractivity contribution in [3.63, 3.8) is 0 Å². The van der Waals surface area contributed by atoms with Gasteiger partial charge in [0.25, 0.3) is 0 Å². The number of hydrogen-bond acceptors (Lipinski definition) is 6. The predicted molar refractivity (Wildman–Crippen MR) is 116 cm³/mol. The zero-order valence-electron chi connectivity index (χ0n) is 17.0. The second-order valence-corrected chi connectivity index (χ2v) is 6.99. The molecule has 0 saturated carbocycles. The van der Waals surface area contributed by atoms with Gasteiger partial charge in [-0.15, -0.1) is 0 Å². The zero-order chi connectivity index (χ0) is 19.9. The molecule has 0 unspecified atom stereocenters. The summed E-state index contributed by atoms with van der Waals surface area (Å²) in [6, 6.07) is 14.1. The van der Waals surface area contributed by atoms with Gasteiger partial charge in [0.05, 0.1) is 11.4 Å². The van der Waals surface area contributed by atoms with E-state index < -0.39 is 0 Å². The van der Waals surface area contributed by atoms with Gasteiger partial charge in [0.15, 0.2) is 0 Å². The molecule has 2 heterocycles. The van der Waals surface area contributed by atoms with Gasteiger partial charge in [-0.1, -0.05) is 31.2 Å². The van der Waals surface area contributed by atoms with Crippen molar-refractivity contribution in [1.29, 1.82) is 0 Å². The van der Waals surface area contributed by atoms with E-state index in [1.807, 2.05) is 38.4 Å². The highest BCUT2D eigenvalue weighted by molar-refractivity contribution is 5.69. The van der Waals surface area contributed by atoms with E-state index in [1.165, 1.54) is 11.1 Å². The van der Waals surface area contributed by atoms with Crippen LogP contribution in [-0.2, 0) is 6.42 Å². The maximum absolute atomic E-state index is 4.69. The summed E-state index contributed by atoms with van der Waals surface area (Å²) in [6.45, 7) is 5.94. The summed E-state index contributed by atoms with van der Waals surface area (Å²) in [5.74, 6) is 1.35. The smallest absolute Gasteiger partial charge is 0.225 e. The molecule has 146 valence electrons. The van der Waals surface area contributed by atoms with Gasteiger partial charge in [-0.05, 0) is 50.7 Å². The summed E-state index contributed by atoms with van der Waals surface area (Å²) in [5, 5.41) is 6.84. The van der Waals surface area contributed by atoms with E-state index in [9.17, 15) is 0 Å². The SMILES string of the molecule is CCc1cccc(C)c1Nc1cc(-c2ccccn2)nc(NCCN(C)C)n1. The molecule has 0 saturated heterocycles. The molecule has 0 aliphatic rings. The minimum Gasteiger partial charge on any atom is -0.353 e. The van der Waals surface area contributed by atoms with Gasteiger partial charge < -0.3 is 15.5 Å². The van der Waals surface area contributed by atoms with Crippen LogP contribution in [0.5, 0.6) is 0 Å². The number of aromatic nitrogens is 3. The summed E-state index contributed by atoms with van der Waals surface area (Å²) >= 11 is 0. The number of nitrogens with zero attached hydrogens (tertiary/aromatic N) is 4. The van der Waals surface area contributed by atoms with Crippen LogP contribution in [0.1, 0.15) is 18.1 Å². The van der Waals surface area contributed by atoms with E-state index >= 15 is 0 Å². The molecule has 3 rings (SSSR count). The van der Waals surface area contributed by atoms with E-state index in [-0.39, 0.29) is 0 Å². The third-order valence-corrected chi connectivity index (χ3v) is 4.49. The summed E-state index contributed by atoms with van der Waals surface area (Å²) in [4.78, 5) is 15.9. The summed E-state index contributed by atoms with van der Waals surface area (Å²) < 4.78 is 0. The molecule has 6 heteroatoms. The number of rotatable bonds is 8. The number of hydrogen-bond donors (Lipinski definition) is 2. The Hall–Kier alpha value is -2.99. The van der Waals surface area contributed by atoms with Crippen molar-refractivity contribution < 1.29 is 0 Å². The number of aryl methyl sites for hydroxylation is 2. The second kappa shape index (κ2) is 9.28. The monoisotopic (exact) mass is 376 g/mol. The van der Waals surface area contributed by atoms with Gasteiger partial charge in [-0.25, -0.2) is 4.98 Å². The van der Waals surface area contributed by atoms with Crippen LogP contribution < -0.4 is 10.6 Å². The quantitative estimate of drug-likeness (QED) is 0.616. The molecule has 3 aromatic rings. The maximum atomic E-state index is 4.69. The van der Waals surface area contributed by atoms with Gasteiger partial charge >= 0.3 is 0 Å². The highest BCUT2D eigenvalue weighted by atomic mass is 15.2. The Morgan fingerprint density at radius 1 is 1.00 bits per heavy atom. The lowest BCUT2D eigenvalue weighted by atomic mass is 10.1. The second-order valence-electron chi connectivity index (χ2n) is 6.99. The lowest BCUT2D eigenvalue weighted by molar-refractivity contribution is 0.425. The first-order valence-corrected chi connectivity index (χ1v) is 9.61. The van der Waals surface area contributed by atoms with Crippen LogP contribution in [0.25, 0.3) is 11.4 Å². The van der Waals surface area contributed by atoms with E-state index in [1.54, 1.807) is 6.20 Å². The van der Waals surface area contributed by atoms with Crippen molar-refractivity contribution in [2.24, 2.45) is 0 Å². The van der Waals surface area contributed by atoms with E-state index in [0.29, 0.717) is 5.95 Å². The number of anilines is 3. The van der Waals surface area contributed by atoms with Gasteiger partial charge in [-0.2, -0.15) is 4.98 Å². The predicted octanol–water partition coefficient (Wildman–Crippen LogP) is 4.13. The summed E-state index contributed by atoms with van der Waals surface area (Å²) in [5.41, 5.74) is 5.18. The van der Waals surface area contributed by atoms with Crippen LogP contribution >= 0.6 is 0 Å². The minimum absolute atomic E-state index is 0.596. The molecule has 0 aliphatic heterocycles. The molecule has 2 N–H and O–H groups in total. The zero-order valence-corrected chi connectivity index (χ0v) is 17.0. The van der Waals surface area contributed by atoms with Crippen LogP contribution in [0.15, 0.2) is 48.7 Å². The van der Waals surface area contributed by atoms with Crippen molar-refractivity contribution in [2.75, 3.05) is 37.8 Å². The minimum atomic E-state index is 0.596. The average Bonchev–Trinajstić information content (AvgIpc) is 2.70. The van der Waals surface area contributed by atoms with Gasteiger partial charge in [0.2, 0.25) is 5.95 Å². The first-order valence-electron chi connectivity index (χ1n) is 9.61. The molecule has 0 aliphatic carbocycles. The van der Waals surface area contributed by atoms with E-state index in [0.717, 1.165) is 42.4 Å². The van der Waals surface area contributed by atoms with Crippen molar-refractivity contribution in [3.05, 3.63) is 59.8 Å².